The number of ketones is 1. The summed E-state index contributed by atoms with van der Waals surface area (Å²) in [5.41, 5.74) is 4.19. The lowest BCUT2D eigenvalue weighted by Gasteiger charge is -2.32. The smallest absolute Gasteiger partial charge is 0.326 e. The number of rotatable bonds is 5. The molecule has 0 saturated carbocycles. The number of halogens is 1. The van der Waals surface area contributed by atoms with Gasteiger partial charge in [-0.3, -0.25) is 14.2 Å². The molecule has 4 aromatic rings. The third kappa shape index (κ3) is 3.74. The Labute approximate surface area is 206 Å². The SMILES string of the molecule is O=C(NCCN1CCC(n2c(=O)[nH]c3ccc(F)cc32)CC1)c1cccc2c1C(=O)c1ccccc1-2. The number of amides is 1. The van der Waals surface area contributed by atoms with Gasteiger partial charge in [-0.1, -0.05) is 36.4 Å². The fourth-order valence-corrected chi connectivity index (χ4v) is 5.54. The molecule has 1 aromatic heterocycles. The minimum Gasteiger partial charge on any atom is -0.351 e. The molecule has 2 aliphatic rings. The first-order valence-corrected chi connectivity index (χ1v) is 12.2. The predicted octanol–water partition coefficient (Wildman–Crippen LogP) is 3.75. The maximum atomic E-state index is 13.8. The van der Waals surface area contributed by atoms with E-state index in [-0.39, 0.29) is 29.2 Å². The molecule has 0 spiro atoms. The molecule has 0 bridgehead atoms. The highest BCUT2D eigenvalue weighted by Gasteiger charge is 2.30. The second kappa shape index (κ2) is 8.87. The minimum atomic E-state index is -0.363. The lowest BCUT2D eigenvalue weighted by molar-refractivity contribution is 0.0934. The summed E-state index contributed by atoms with van der Waals surface area (Å²) in [5, 5.41) is 2.97. The van der Waals surface area contributed by atoms with E-state index in [0.29, 0.717) is 40.8 Å². The number of benzene rings is 3. The summed E-state index contributed by atoms with van der Waals surface area (Å²) in [6, 6.07) is 17.2. The summed E-state index contributed by atoms with van der Waals surface area (Å²) < 4.78 is 15.4. The van der Waals surface area contributed by atoms with E-state index in [2.05, 4.69) is 15.2 Å². The average molecular weight is 485 g/mol. The highest BCUT2D eigenvalue weighted by molar-refractivity contribution is 6.25. The fourth-order valence-electron chi connectivity index (χ4n) is 5.54. The number of hydrogen-bond acceptors (Lipinski definition) is 4. The van der Waals surface area contributed by atoms with E-state index >= 15 is 0 Å². The van der Waals surface area contributed by atoms with Crippen LogP contribution in [-0.4, -0.2) is 52.3 Å². The molecule has 3 aromatic carbocycles. The standard InChI is InChI=1S/C28H25FN4O3/c29-17-8-9-23-24(16-17)33(28(36)31-23)18-10-13-32(14-11-18)15-12-30-27(35)22-7-3-6-20-19-4-1-2-5-21(19)26(34)25(20)22/h1-9,16,18H,10-15H2,(H,30,35)(H,31,36). The Bertz CT molecular complexity index is 1560. The number of imidazole rings is 1. The number of fused-ring (bicyclic) bond motifs is 4. The van der Waals surface area contributed by atoms with Crippen molar-refractivity contribution in [2.75, 3.05) is 26.2 Å². The largest absolute Gasteiger partial charge is 0.351 e. The molecular formula is C28H25FN4O3. The number of carbonyl (C=O) groups is 2. The third-order valence-electron chi connectivity index (χ3n) is 7.31. The van der Waals surface area contributed by atoms with Crippen LogP contribution in [-0.2, 0) is 0 Å². The highest BCUT2D eigenvalue weighted by Crippen LogP contribution is 2.38. The van der Waals surface area contributed by atoms with E-state index in [0.717, 1.165) is 37.1 Å². The monoisotopic (exact) mass is 484 g/mol. The number of H-pyrrole nitrogens is 1. The van der Waals surface area contributed by atoms with Gasteiger partial charge < -0.3 is 15.2 Å². The molecule has 0 radical (unpaired) electrons. The number of aromatic amines is 1. The highest BCUT2D eigenvalue weighted by atomic mass is 19.1. The molecule has 1 amide bonds. The van der Waals surface area contributed by atoms with Gasteiger partial charge in [0.05, 0.1) is 16.6 Å². The first-order valence-electron chi connectivity index (χ1n) is 12.2. The van der Waals surface area contributed by atoms with Gasteiger partial charge in [-0.2, -0.15) is 0 Å². The van der Waals surface area contributed by atoms with Crippen LogP contribution in [0.4, 0.5) is 4.39 Å². The molecule has 36 heavy (non-hydrogen) atoms. The van der Waals surface area contributed by atoms with Crippen LogP contribution in [0.1, 0.15) is 45.2 Å². The van der Waals surface area contributed by atoms with Crippen LogP contribution < -0.4 is 11.0 Å². The third-order valence-corrected chi connectivity index (χ3v) is 7.31. The first-order chi connectivity index (χ1) is 17.5. The van der Waals surface area contributed by atoms with Gasteiger partial charge in [-0.05, 0) is 48.2 Å². The number of nitrogens with one attached hydrogen (secondary N) is 2. The van der Waals surface area contributed by atoms with Crippen molar-refractivity contribution in [1.29, 1.82) is 0 Å². The van der Waals surface area contributed by atoms with Crippen molar-refractivity contribution in [2.24, 2.45) is 0 Å². The van der Waals surface area contributed by atoms with Crippen LogP contribution in [0.25, 0.3) is 22.2 Å². The van der Waals surface area contributed by atoms with Gasteiger partial charge in [-0.15, -0.1) is 0 Å². The molecule has 7 nitrogen and oxygen atoms in total. The zero-order chi connectivity index (χ0) is 24.8. The molecule has 1 aliphatic carbocycles. The van der Waals surface area contributed by atoms with Crippen molar-refractivity contribution in [3.63, 3.8) is 0 Å². The molecule has 6 rings (SSSR count). The van der Waals surface area contributed by atoms with Crippen LogP contribution in [0.2, 0.25) is 0 Å². The van der Waals surface area contributed by atoms with Crippen LogP contribution in [0, 0.1) is 5.82 Å². The Morgan fingerprint density at radius 1 is 0.972 bits per heavy atom. The fraction of sp³-hybridized carbons (Fsp3) is 0.250. The molecular weight excluding hydrogens is 459 g/mol. The van der Waals surface area contributed by atoms with Crippen LogP contribution in [0.5, 0.6) is 0 Å². The Morgan fingerprint density at radius 2 is 1.72 bits per heavy atom. The van der Waals surface area contributed by atoms with Crippen molar-refractivity contribution >= 4 is 22.7 Å². The Hall–Kier alpha value is -4.04. The minimum absolute atomic E-state index is 0.00144. The van der Waals surface area contributed by atoms with E-state index in [4.69, 9.17) is 0 Å². The Kier molecular flexibility index (Phi) is 5.53. The van der Waals surface area contributed by atoms with E-state index in [1.165, 1.54) is 12.1 Å². The quantitative estimate of drug-likeness (QED) is 0.398. The van der Waals surface area contributed by atoms with Crippen molar-refractivity contribution in [3.8, 4) is 11.1 Å². The summed E-state index contributed by atoms with van der Waals surface area (Å²) in [6.45, 7) is 2.65. The summed E-state index contributed by atoms with van der Waals surface area (Å²) >= 11 is 0. The molecule has 8 heteroatoms. The number of carbonyl (C=O) groups excluding carboxylic acids is 2. The molecule has 2 N–H and O–H groups in total. The van der Waals surface area contributed by atoms with Crippen LogP contribution in [0.15, 0.2) is 65.5 Å². The molecule has 1 saturated heterocycles. The second-order valence-electron chi connectivity index (χ2n) is 9.39. The van der Waals surface area contributed by atoms with Crippen molar-refractivity contribution in [3.05, 3.63) is 93.7 Å². The van der Waals surface area contributed by atoms with Gasteiger partial charge in [0, 0.05) is 43.3 Å². The van der Waals surface area contributed by atoms with Crippen LogP contribution in [0.3, 0.4) is 0 Å². The number of hydrogen-bond donors (Lipinski definition) is 2. The molecule has 0 atom stereocenters. The van der Waals surface area contributed by atoms with Gasteiger partial charge in [-0.25, -0.2) is 9.18 Å². The molecule has 1 aliphatic heterocycles. The normalized spacial score (nSPS) is 15.8. The second-order valence-corrected chi connectivity index (χ2v) is 9.39. The van der Waals surface area contributed by atoms with Crippen LogP contribution >= 0.6 is 0 Å². The van der Waals surface area contributed by atoms with E-state index in [1.807, 2.05) is 30.3 Å². The lowest BCUT2D eigenvalue weighted by atomic mass is 10.0. The van der Waals surface area contributed by atoms with Gasteiger partial charge in [0.2, 0.25) is 0 Å². The van der Waals surface area contributed by atoms with E-state index in [9.17, 15) is 18.8 Å². The van der Waals surface area contributed by atoms with Crippen molar-refractivity contribution < 1.29 is 14.0 Å². The number of nitrogens with zero attached hydrogens (tertiary/aromatic N) is 2. The number of likely N-dealkylation sites (tertiary alicyclic amines) is 1. The Balaban J connectivity index is 1.07. The maximum absolute atomic E-state index is 13.8. The summed E-state index contributed by atoms with van der Waals surface area (Å²) in [6.07, 6.45) is 1.52. The maximum Gasteiger partial charge on any atom is 0.326 e. The van der Waals surface area contributed by atoms with Gasteiger partial charge >= 0.3 is 5.69 Å². The summed E-state index contributed by atoms with van der Waals surface area (Å²) in [7, 11) is 0. The molecule has 2 heterocycles. The Morgan fingerprint density at radius 3 is 2.53 bits per heavy atom. The molecule has 1 fully saturated rings. The lowest BCUT2D eigenvalue weighted by Crippen LogP contribution is -2.41. The topological polar surface area (TPSA) is 87.2 Å². The predicted molar refractivity (Wildman–Crippen MR) is 135 cm³/mol. The van der Waals surface area contributed by atoms with Crippen molar-refractivity contribution in [1.82, 2.24) is 19.8 Å². The summed E-state index contributed by atoms with van der Waals surface area (Å²) in [5.74, 6) is -0.728. The van der Waals surface area contributed by atoms with Gasteiger partial charge in [0.1, 0.15) is 5.82 Å². The molecule has 182 valence electrons. The van der Waals surface area contributed by atoms with Gasteiger partial charge in [0.15, 0.2) is 5.78 Å². The molecule has 0 unspecified atom stereocenters. The number of aromatic nitrogens is 2. The van der Waals surface area contributed by atoms with E-state index < -0.39 is 0 Å². The zero-order valence-corrected chi connectivity index (χ0v) is 19.6. The van der Waals surface area contributed by atoms with E-state index in [1.54, 1.807) is 22.8 Å². The summed E-state index contributed by atoms with van der Waals surface area (Å²) in [4.78, 5) is 43.5. The van der Waals surface area contributed by atoms with Gasteiger partial charge in [0.25, 0.3) is 5.91 Å². The van der Waals surface area contributed by atoms with Crippen molar-refractivity contribution in [2.45, 2.75) is 18.9 Å². The first kappa shape index (κ1) is 22.4. The number of piperidine rings is 1. The zero-order valence-electron chi connectivity index (χ0n) is 19.6. The average Bonchev–Trinajstić information content (AvgIpc) is 3.38.